The quantitative estimate of drug-likeness (QED) is 0.159. The summed E-state index contributed by atoms with van der Waals surface area (Å²) in [4.78, 5) is 30.8. The van der Waals surface area contributed by atoms with Crippen LogP contribution in [0.4, 0.5) is 0 Å². The molecule has 4 saturated carbocycles. The summed E-state index contributed by atoms with van der Waals surface area (Å²) >= 11 is 0. The van der Waals surface area contributed by atoms with E-state index in [1.807, 2.05) is 165 Å². The zero-order valence-electron chi connectivity index (χ0n) is 41.4. The van der Waals surface area contributed by atoms with Crippen molar-refractivity contribution in [2.45, 2.75) is 237 Å². The fourth-order valence-electron chi connectivity index (χ4n) is 3.12. The fraction of sp³-hybridized carbons (Fsp3) is 0.870. The van der Waals surface area contributed by atoms with Crippen LogP contribution in [0, 0.1) is 23.7 Å². The van der Waals surface area contributed by atoms with E-state index in [1.54, 1.807) is 12.4 Å². The van der Waals surface area contributed by atoms with E-state index >= 15 is 0 Å². The van der Waals surface area contributed by atoms with Gasteiger partial charge < -0.3 is 29.0 Å². The molecule has 0 aliphatic heterocycles. The molecule has 58 heavy (non-hydrogen) atoms. The molecule has 4 fully saturated rings. The van der Waals surface area contributed by atoms with Crippen molar-refractivity contribution in [2.24, 2.45) is 54.6 Å². The number of hydrogen-bond donors (Lipinski definition) is 0. The molecular formula is C46H90N6O6. The summed E-state index contributed by atoms with van der Waals surface area (Å²) < 4.78 is 0. The van der Waals surface area contributed by atoms with Crippen LogP contribution in [-0.4, -0.2) is 69.9 Å². The molecule has 0 saturated heterocycles. The molecule has 0 heterocycles. The summed E-state index contributed by atoms with van der Waals surface area (Å²) in [6.45, 7) is 43.3. The SMILES string of the molecule is C/C=N/OC(C)(C)C.C/C=N\OC(C)(C)C.CC(C)(C)O/N=C/C1CC1.CC(C)(C)O/N=C\C1CC1.CC(C)(C)ON=C(C1CC1)C1CC1.CC(C)=NOC(C)(C)C. The van der Waals surface area contributed by atoms with Gasteiger partial charge in [0.05, 0.1) is 11.4 Å². The van der Waals surface area contributed by atoms with Crippen LogP contribution in [0.2, 0.25) is 0 Å². The largest absolute Gasteiger partial charge is 0.390 e. The first kappa shape index (κ1) is 56.9. The fourth-order valence-corrected chi connectivity index (χ4v) is 3.12. The summed E-state index contributed by atoms with van der Waals surface area (Å²) in [6.07, 6.45) is 17.6. The number of hydrogen-bond acceptors (Lipinski definition) is 12. The highest BCUT2D eigenvalue weighted by molar-refractivity contribution is 5.92. The second kappa shape index (κ2) is 26.8. The van der Waals surface area contributed by atoms with Gasteiger partial charge in [-0.2, -0.15) is 0 Å². The van der Waals surface area contributed by atoms with E-state index in [0.29, 0.717) is 11.8 Å². The van der Waals surface area contributed by atoms with Crippen LogP contribution in [0.5, 0.6) is 0 Å². The van der Waals surface area contributed by atoms with E-state index in [4.69, 9.17) is 29.0 Å². The maximum absolute atomic E-state index is 5.48. The highest BCUT2D eigenvalue weighted by atomic mass is 16.7. The van der Waals surface area contributed by atoms with Crippen LogP contribution in [0.25, 0.3) is 0 Å². The van der Waals surface area contributed by atoms with Crippen molar-refractivity contribution in [1.82, 2.24) is 0 Å². The molecule has 12 heteroatoms. The number of nitrogens with zero attached hydrogens (tertiary/aromatic N) is 6. The lowest BCUT2D eigenvalue weighted by atomic mass is 10.1. The molecule has 0 unspecified atom stereocenters. The number of rotatable bonds is 10. The Kier molecular flexibility index (Phi) is 26.3. The van der Waals surface area contributed by atoms with Crippen LogP contribution in [-0.2, 0) is 29.0 Å². The van der Waals surface area contributed by atoms with Gasteiger partial charge in [0.25, 0.3) is 0 Å². The van der Waals surface area contributed by atoms with Crippen molar-refractivity contribution in [3.63, 3.8) is 0 Å². The van der Waals surface area contributed by atoms with Crippen molar-refractivity contribution >= 4 is 36.3 Å². The van der Waals surface area contributed by atoms with Gasteiger partial charge >= 0.3 is 0 Å². The lowest BCUT2D eigenvalue weighted by Crippen LogP contribution is -2.18. The zero-order chi connectivity index (χ0) is 45.4. The van der Waals surface area contributed by atoms with E-state index in [9.17, 15) is 0 Å². The Bertz CT molecular complexity index is 1170. The molecule has 340 valence electrons. The van der Waals surface area contributed by atoms with Crippen molar-refractivity contribution in [3.05, 3.63) is 0 Å². The van der Waals surface area contributed by atoms with Crippen LogP contribution < -0.4 is 0 Å². The second-order valence-electron chi connectivity index (χ2n) is 21.2. The van der Waals surface area contributed by atoms with E-state index < -0.39 is 0 Å². The predicted octanol–water partition coefficient (Wildman–Crippen LogP) is 13.2. The summed E-state index contributed by atoms with van der Waals surface area (Å²) in [5, 5.41) is 23.1. The van der Waals surface area contributed by atoms with Crippen molar-refractivity contribution in [1.29, 1.82) is 0 Å². The first-order valence-electron chi connectivity index (χ1n) is 21.5. The molecule has 0 amide bonds. The third kappa shape index (κ3) is 50.8. The Balaban J connectivity index is 0. The molecular weight excluding hydrogens is 733 g/mol. The Morgan fingerprint density at radius 2 is 0.638 bits per heavy atom. The van der Waals surface area contributed by atoms with Gasteiger partial charge in [-0.3, -0.25) is 0 Å². The van der Waals surface area contributed by atoms with Gasteiger partial charge in [0.2, 0.25) is 0 Å². The molecule has 0 aromatic rings. The topological polar surface area (TPSA) is 130 Å². The lowest BCUT2D eigenvalue weighted by molar-refractivity contribution is -0.000260. The molecule has 4 rings (SSSR count). The van der Waals surface area contributed by atoms with Crippen molar-refractivity contribution < 1.29 is 29.0 Å². The van der Waals surface area contributed by atoms with Crippen LogP contribution in [0.15, 0.2) is 30.9 Å². The molecule has 0 radical (unpaired) electrons. The molecule has 0 atom stereocenters. The Morgan fingerprint density at radius 1 is 0.379 bits per heavy atom. The molecule has 0 spiro atoms. The van der Waals surface area contributed by atoms with Gasteiger partial charge in [-0.25, -0.2) is 0 Å². The normalized spacial score (nSPS) is 17.1. The van der Waals surface area contributed by atoms with Gasteiger partial charge in [0, 0.05) is 36.7 Å². The van der Waals surface area contributed by atoms with Crippen LogP contribution in [0.1, 0.15) is 204 Å². The van der Waals surface area contributed by atoms with Gasteiger partial charge in [-0.05, 0) is 216 Å². The summed E-state index contributed by atoms with van der Waals surface area (Å²) in [7, 11) is 0. The molecule has 0 N–H and O–H groups in total. The zero-order valence-corrected chi connectivity index (χ0v) is 41.4. The molecule has 12 nitrogen and oxygen atoms in total. The second-order valence-corrected chi connectivity index (χ2v) is 21.2. The van der Waals surface area contributed by atoms with Crippen molar-refractivity contribution in [3.8, 4) is 0 Å². The highest BCUT2D eigenvalue weighted by Gasteiger charge is 2.39. The van der Waals surface area contributed by atoms with Crippen molar-refractivity contribution in [2.75, 3.05) is 0 Å². The average Bonchev–Trinajstić information content (AvgIpc) is 3.82. The Labute approximate surface area is 356 Å². The van der Waals surface area contributed by atoms with Gasteiger partial charge in [-0.15, -0.1) is 0 Å². The Hall–Kier alpha value is -3.18. The van der Waals surface area contributed by atoms with Gasteiger partial charge in [0.1, 0.15) is 33.6 Å². The standard InChI is InChI=1S/C11H19NO.2C8H15NO.C7H15NO.2C6H13NO/c1-11(2,3)13-12-10(8-4-5-8)9-6-7-9;2*1-8(2,3)10-9-6-7-4-5-7;1-6(2)8-9-7(3,4)5;2*1-5-7-8-6(2,3)4/h8-9H,4-7H2,1-3H3;2*6-7H,4-5H2,1-3H3;1-5H3;2*5H,1-4H3/b;9-6+;9-6-;;7-5+;7-5-. The van der Waals surface area contributed by atoms with E-state index in [0.717, 1.165) is 17.5 Å². The molecule has 0 aromatic carbocycles. The molecule has 4 aliphatic carbocycles. The summed E-state index contributed by atoms with van der Waals surface area (Å²) in [5.74, 6) is 2.97. The minimum atomic E-state index is -0.155. The lowest BCUT2D eigenvalue weighted by Gasteiger charge is -2.16. The van der Waals surface area contributed by atoms with Crippen LogP contribution in [0.3, 0.4) is 0 Å². The third-order valence-electron chi connectivity index (χ3n) is 6.22. The summed E-state index contributed by atoms with van der Waals surface area (Å²) in [6, 6.07) is 0. The number of oxime groups is 6. The highest BCUT2D eigenvalue weighted by Crippen LogP contribution is 2.42. The Morgan fingerprint density at radius 3 is 0.810 bits per heavy atom. The maximum Gasteiger partial charge on any atom is 0.129 e. The minimum absolute atomic E-state index is 0.130. The van der Waals surface area contributed by atoms with Crippen LogP contribution >= 0.6 is 0 Å². The molecule has 4 aliphatic rings. The minimum Gasteiger partial charge on any atom is -0.390 e. The van der Waals surface area contributed by atoms with Gasteiger partial charge in [-0.1, -0.05) is 30.9 Å². The average molecular weight is 823 g/mol. The maximum atomic E-state index is 5.48. The summed E-state index contributed by atoms with van der Waals surface area (Å²) in [5.41, 5.74) is 1.46. The first-order valence-corrected chi connectivity index (χ1v) is 21.5. The van der Waals surface area contributed by atoms with E-state index in [2.05, 4.69) is 30.9 Å². The smallest absolute Gasteiger partial charge is 0.129 e. The predicted molar refractivity (Wildman–Crippen MR) is 247 cm³/mol. The molecule has 0 bridgehead atoms. The third-order valence-corrected chi connectivity index (χ3v) is 6.22. The van der Waals surface area contributed by atoms with E-state index in [1.165, 1.54) is 57.1 Å². The monoisotopic (exact) mass is 823 g/mol. The van der Waals surface area contributed by atoms with E-state index in [-0.39, 0.29) is 33.6 Å². The van der Waals surface area contributed by atoms with Gasteiger partial charge in [0.15, 0.2) is 0 Å². The molecule has 0 aromatic heterocycles. The first-order chi connectivity index (χ1) is 26.3.